The van der Waals surface area contributed by atoms with Crippen LogP contribution >= 0.6 is 0 Å². The van der Waals surface area contributed by atoms with Gasteiger partial charge < -0.3 is 10.7 Å². The number of aromatic amines is 1. The highest BCUT2D eigenvalue weighted by atomic mass is 16.2. The zero-order valence-corrected chi connectivity index (χ0v) is 6.19. The van der Waals surface area contributed by atoms with E-state index in [9.17, 15) is 4.79 Å². The zero-order chi connectivity index (χ0) is 8.55. The quantitative estimate of drug-likeness (QED) is 0.471. The summed E-state index contributed by atoms with van der Waals surface area (Å²) in [6.07, 6.45) is 3.12. The molecule has 0 fully saturated rings. The molecule has 12 heavy (non-hydrogen) atoms. The van der Waals surface area contributed by atoms with Gasteiger partial charge in [-0.25, -0.2) is 14.8 Å². The van der Waals surface area contributed by atoms with E-state index in [0.29, 0.717) is 10.8 Å². The lowest BCUT2D eigenvalue weighted by molar-refractivity contribution is 0.229. The zero-order valence-electron chi connectivity index (χ0n) is 6.19. The third-order valence-electron chi connectivity index (χ3n) is 1.59. The lowest BCUT2D eigenvalue weighted by atomic mass is 10.5. The van der Waals surface area contributed by atoms with E-state index in [-0.39, 0.29) is 6.67 Å². The van der Waals surface area contributed by atoms with Crippen molar-refractivity contribution in [1.82, 2.24) is 14.9 Å². The molecule has 6 nitrogen and oxygen atoms in total. The number of aromatic nitrogens is 2. The molecule has 0 atom stereocenters. The average Bonchev–Trinajstić information content (AvgIpc) is 2.49. The van der Waals surface area contributed by atoms with E-state index in [1.54, 1.807) is 6.20 Å². The van der Waals surface area contributed by atoms with Crippen LogP contribution in [0.5, 0.6) is 0 Å². The first kappa shape index (κ1) is 6.84. The van der Waals surface area contributed by atoms with Crippen molar-refractivity contribution in [2.24, 2.45) is 10.7 Å². The molecule has 0 unspecified atom stereocenters. The van der Waals surface area contributed by atoms with Gasteiger partial charge in [-0.1, -0.05) is 0 Å². The van der Waals surface area contributed by atoms with E-state index in [0.717, 1.165) is 0 Å². The van der Waals surface area contributed by atoms with Gasteiger partial charge >= 0.3 is 6.03 Å². The number of urea groups is 1. The van der Waals surface area contributed by atoms with Crippen LogP contribution in [-0.2, 0) is 0 Å². The number of amides is 2. The number of rotatable bonds is 0. The molecule has 62 valence electrons. The van der Waals surface area contributed by atoms with Crippen LogP contribution in [0.4, 0.5) is 4.79 Å². The third kappa shape index (κ3) is 0.931. The van der Waals surface area contributed by atoms with Gasteiger partial charge in [0.2, 0.25) is 0 Å². The Kier molecular flexibility index (Phi) is 1.33. The van der Waals surface area contributed by atoms with Crippen molar-refractivity contribution < 1.29 is 4.79 Å². The van der Waals surface area contributed by atoms with Crippen LogP contribution in [-0.4, -0.2) is 27.6 Å². The molecular formula is C6H7N5O. The molecule has 1 aromatic heterocycles. The van der Waals surface area contributed by atoms with Gasteiger partial charge in [0.15, 0.2) is 5.49 Å². The molecule has 2 amide bonds. The summed E-state index contributed by atoms with van der Waals surface area (Å²) in [6, 6.07) is -0.515. The predicted molar refractivity (Wildman–Crippen MR) is 40.1 cm³/mol. The summed E-state index contributed by atoms with van der Waals surface area (Å²) in [5, 5.41) is 0.708. The van der Waals surface area contributed by atoms with Crippen LogP contribution in [0.25, 0.3) is 6.20 Å². The predicted octanol–water partition coefficient (Wildman–Crippen LogP) is -1.88. The van der Waals surface area contributed by atoms with Gasteiger partial charge in [-0.2, -0.15) is 0 Å². The molecule has 3 N–H and O–H groups in total. The number of hydrogen-bond acceptors (Lipinski definition) is 3. The van der Waals surface area contributed by atoms with Gasteiger partial charge in [-0.3, -0.25) is 4.90 Å². The lowest BCUT2D eigenvalue weighted by Crippen LogP contribution is -2.41. The Morgan fingerprint density at radius 1 is 1.75 bits per heavy atom. The topological polar surface area (TPSA) is 87.4 Å². The van der Waals surface area contributed by atoms with E-state index in [1.807, 2.05) is 0 Å². The lowest BCUT2D eigenvalue weighted by Gasteiger charge is -2.13. The molecule has 2 rings (SSSR count). The van der Waals surface area contributed by atoms with E-state index >= 15 is 0 Å². The number of fused-ring (bicyclic) bond motifs is 1. The van der Waals surface area contributed by atoms with Gasteiger partial charge in [-0.15, -0.1) is 0 Å². The van der Waals surface area contributed by atoms with Gasteiger partial charge in [0.05, 0.1) is 6.33 Å². The fraction of sp³-hybridized carbons (Fsp3) is 0.167. The molecule has 1 aromatic rings. The Morgan fingerprint density at radius 3 is 3.33 bits per heavy atom. The van der Waals surface area contributed by atoms with Gasteiger partial charge in [0.25, 0.3) is 0 Å². The molecule has 0 saturated carbocycles. The molecule has 0 spiro atoms. The molecule has 2 heterocycles. The summed E-state index contributed by atoms with van der Waals surface area (Å²) < 4.78 is 0. The SMILES string of the molecule is NC(=O)N1C=c2[nH]cnc2=NC1. The summed E-state index contributed by atoms with van der Waals surface area (Å²) >= 11 is 0. The molecular weight excluding hydrogens is 158 g/mol. The van der Waals surface area contributed by atoms with Crippen molar-refractivity contribution in [3.63, 3.8) is 0 Å². The standard InChI is InChI=1S/C6H7N5O/c7-6(12)11-1-4-5(10-3-11)9-2-8-4/h1-2H,3H2,(H2,7,12)(H,8,9,10). The summed E-state index contributed by atoms with van der Waals surface area (Å²) in [5.41, 5.74) is 5.67. The Morgan fingerprint density at radius 2 is 2.58 bits per heavy atom. The maximum Gasteiger partial charge on any atom is 0.320 e. The Labute approximate surface area is 67.4 Å². The van der Waals surface area contributed by atoms with Gasteiger partial charge in [-0.05, 0) is 0 Å². The number of H-pyrrole nitrogens is 1. The highest BCUT2D eigenvalue weighted by molar-refractivity contribution is 5.76. The minimum atomic E-state index is -0.515. The Hall–Kier alpha value is -1.85. The van der Waals surface area contributed by atoms with Crippen molar-refractivity contribution in [3.8, 4) is 0 Å². The average molecular weight is 165 g/mol. The van der Waals surface area contributed by atoms with Crippen molar-refractivity contribution in [2.75, 3.05) is 6.67 Å². The second-order valence-electron chi connectivity index (χ2n) is 2.38. The second-order valence-corrected chi connectivity index (χ2v) is 2.38. The van der Waals surface area contributed by atoms with E-state index in [1.165, 1.54) is 11.2 Å². The maximum absolute atomic E-state index is 10.7. The number of hydrogen-bond donors (Lipinski definition) is 2. The minimum Gasteiger partial charge on any atom is -0.351 e. The first-order valence-corrected chi connectivity index (χ1v) is 3.39. The van der Waals surface area contributed by atoms with Gasteiger partial charge in [0, 0.05) is 6.20 Å². The molecule has 0 bridgehead atoms. The summed E-state index contributed by atoms with van der Waals surface area (Å²) in [4.78, 5) is 22.8. The molecule has 0 radical (unpaired) electrons. The number of carbonyl (C=O) groups is 1. The largest absolute Gasteiger partial charge is 0.351 e. The molecule has 0 aliphatic carbocycles. The van der Waals surface area contributed by atoms with Crippen molar-refractivity contribution in [2.45, 2.75) is 0 Å². The molecule has 0 saturated heterocycles. The fourth-order valence-electron chi connectivity index (χ4n) is 0.991. The monoisotopic (exact) mass is 165 g/mol. The number of carbonyl (C=O) groups excluding carboxylic acids is 1. The van der Waals surface area contributed by atoms with Crippen LogP contribution in [0.3, 0.4) is 0 Å². The molecule has 0 aromatic carbocycles. The van der Waals surface area contributed by atoms with Gasteiger partial charge in [0.1, 0.15) is 12.0 Å². The van der Waals surface area contributed by atoms with Crippen molar-refractivity contribution in [1.29, 1.82) is 0 Å². The Bertz CT molecular complexity index is 419. The fourth-order valence-corrected chi connectivity index (χ4v) is 0.991. The van der Waals surface area contributed by atoms with E-state index in [2.05, 4.69) is 15.0 Å². The maximum atomic E-state index is 10.7. The van der Waals surface area contributed by atoms with Crippen LogP contribution in [0.2, 0.25) is 0 Å². The van der Waals surface area contributed by atoms with Crippen LogP contribution in [0.1, 0.15) is 0 Å². The number of primary amides is 1. The first-order valence-electron chi connectivity index (χ1n) is 3.39. The highest BCUT2D eigenvalue weighted by Crippen LogP contribution is 1.89. The Balaban J connectivity index is 2.52. The van der Waals surface area contributed by atoms with Crippen LogP contribution in [0, 0.1) is 0 Å². The number of nitrogens with one attached hydrogen (secondary N) is 1. The van der Waals surface area contributed by atoms with Crippen LogP contribution < -0.4 is 16.6 Å². The smallest absolute Gasteiger partial charge is 0.320 e. The summed E-state index contributed by atoms with van der Waals surface area (Å²) in [5.74, 6) is 0. The molecule has 1 aliphatic rings. The van der Waals surface area contributed by atoms with Crippen molar-refractivity contribution in [3.05, 3.63) is 17.2 Å². The molecule has 6 heteroatoms. The summed E-state index contributed by atoms with van der Waals surface area (Å²) in [6.45, 7) is 0.243. The minimum absolute atomic E-state index is 0.243. The number of nitrogens with two attached hydrogens (primary N) is 1. The third-order valence-corrected chi connectivity index (χ3v) is 1.59. The van der Waals surface area contributed by atoms with E-state index in [4.69, 9.17) is 5.73 Å². The first-order chi connectivity index (χ1) is 5.77. The summed E-state index contributed by atoms with van der Waals surface area (Å²) in [7, 11) is 0. The van der Waals surface area contributed by atoms with Crippen molar-refractivity contribution >= 4 is 12.2 Å². The van der Waals surface area contributed by atoms with Crippen LogP contribution in [0.15, 0.2) is 11.3 Å². The molecule has 1 aliphatic heterocycles. The normalized spacial score (nSPS) is 14.5. The number of imidazole rings is 1. The van der Waals surface area contributed by atoms with E-state index < -0.39 is 6.03 Å². The number of nitrogens with zero attached hydrogens (tertiary/aromatic N) is 3. The highest BCUT2D eigenvalue weighted by Gasteiger charge is 2.08. The second kappa shape index (κ2) is 2.33.